The number of hydrogen-bond donors (Lipinski definition) is 0. The van der Waals surface area contributed by atoms with E-state index < -0.39 is 8.32 Å². The summed E-state index contributed by atoms with van der Waals surface area (Å²) in [5.41, 5.74) is 3.63. The molecule has 1 saturated heterocycles. The number of carbonyl (C=O) groups is 1. The molecule has 0 bridgehead atoms. The SMILES string of the molecule is COc1ccccc1[C@H]1C[C@H](OC2CCCCO2)[C@@H](C/C=C\CCCC(=O)OCc2ccccc2)[C@H]1O[Si](C(C)C)(C(C)C)C(C)C. The first-order chi connectivity index (χ1) is 22.7. The molecule has 6 nitrogen and oxygen atoms in total. The molecule has 5 atom stereocenters. The Balaban J connectivity index is 1.54. The zero-order valence-electron chi connectivity index (χ0n) is 30.0. The van der Waals surface area contributed by atoms with E-state index in [2.05, 4.69) is 71.9 Å². The van der Waals surface area contributed by atoms with Gasteiger partial charge in [0.05, 0.1) is 19.3 Å². The van der Waals surface area contributed by atoms with E-state index in [0.717, 1.165) is 62.9 Å². The van der Waals surface area contributed by atoms with Crippen molar-refractivity contribution in [2.45, 2.75) is 141 Å². The number of esters is 1. The second-order valence-corrected chi connectivity index (χ2v) is 19.8. The molecular weight excluding hydrogens is 605 g/mol. The van der Waals surface area contributed by atoms with Crippen molar-refractivity contribution in [3.8, 4) is 5.75 Å². The average molecular weight is 665 g/mol. The molecule has 0 amide bonds. The first kappa shape index (κ1) is 37.4. The number of benzene rings is 2. The van der Waals surface area contributed by atoms with Crippen LogP contribution in [-0.4, -0.2) is 46.5 Å². The minimum Gasteiger partial charge on any atom is -0.496 e. The third kappa shape index (κ3) is 9.81. The molecule has 2 aliphatic rings. The molecule has 2 fully saturated rings. The topological polar surface area (TPSA) is 63.2 Å². The molecule has 0 aromatic heterocycles. The monoisotopic (exact) mass is 664 g/mol. The van der Waals surface area contributed by atoms with Gasteiger partial charge in [0, 0.05) is 24.9 Å². The fourth-order valence-electron chi connectivity index (χ4n) is 8.16. The summed E-state index contributed by atoms with van der Waals surface area (Å²) >= 11 is 0. The summed E-state index contributed by atoms with van der Waals surface area (Å²) in [6.45, 7) is 15.3. The summed E-state index contributed by atoms with van der Waals surface area (Å²) < 4.78 is 32.1. The van der Waals surface area contributed by atoms with E-state index in [-0.39, 0.29) is 36.3 Å². The lowest BCUT2D eigenvalue weighted by molar-refractivity contribution is -0.196. The highest BCUT2D eigenvalue weighted by Gasteiger charge is 2.53. The maximum atomic E-state index is 12.4. The predicted octanol–water partition coefficient (Wildman–Crippen LogP) is 10.1. The van der Waals surface area contributed by atoms with Gasteiger partial charge < -0.3 is 23.4 Å². The zero-order valence-corrected chi connectivity index (χ0v) is 31.0. The van der Waals surface area contributed by atoms with Crippen LogP contribution in [0.25, 0.3) is 0 Å². The molecule has 7 heteroatoms. The average Bonchev–Trinajstić information content (AvgIpc) is 3.40. The smallest absolute Gasteiger partial charge is 0.306 e. The Morgan fingerprint density at radius 3 is 2.30 bits per heavy atom. The Hall–Kier alpha value is -2.45. The highest BCUT2D eigenvalue weighted by atomic mass is 28.4. The van der Waals surface area contributed by atoms with Crippen molar-refractivity contribution in [2.24, 2.45) is 5.92 Å². The molecule has 47 heavy (non-hydrogen) atoms. The van der Waals surface area contributed by atoms with Crippen LogP contribution >= 0.6 is 0 Å². The quantitative estimate of drug-likeness (QED) is 0.0726. The summed E-state index contributed by atoms with van der Waals surface area (Å²) in [6, 6.07) is 18.3. The normalized spacial score (nSPS) is 23.7. The number of allylic oxidation sites excluding steroid dienone is 2. The molecule has 1 unspecified atom stereocenters. The molecule has 2 aromatic carbocycles. The van der Waals surface area contributed by atoms with Crippen LogP contribution in [0.15, 0.2) is 66.7 Å². The number of hydrogen-bond acceptors (Lipinski definition) is 6. The van der Waals surface area contributed by atoms with Gasteiger partial charge in [0.2, 0.25) is 8.32 Å². The highest BCUT2D eigenvalue weighted by Crippen LogP contribution is 2.52. The molecular formula is C40H60O6Si. The van der Waals surface area contributed by atoms with Gasteiger partial charge in [0.15, 0.2) is 6.29 Å². The minimum absolute atomic E-state index is 0.00336. The van der Waals surface area contributed by atoms with Crippen molar-refractivity contribution >= 4 is 14.3 Å². The van der Waals surface area contributed by atoms with E-state index in [9.17, 15) is 4.79 Å². The molecule has 0 radical (unpaired) electrons. The Morgan fingerprint density at radius 2 is 1.64 bits per heavy atom. The van der Waals surface area contributed by atoms with E-state index in [0.29, 0.717) is 29.7 Å². The lowest BCUT2D eigenvalue weighted by atomic mass is 9.91. The first-order valence-corrected chi connectivity index (χ1v) is 20.2. The van der Waals surface area contributed by atoms with E-state index >= 15 is 0 Å². The van der Waals surface area contributed by atoms with Crippen molar-refractivity contribution < 1.29 is 28.2 Å². The number of rotatable bonds is 17. The van der Waals surface area contributed by atoms with Gasteiger partial charge in [-0.25, -0.2) is 0 Å². The van der Waals surface area contributed by atoms with Gasteiger partial charge in [-0.1, -0.05) is 102 Å². The Bertz CT molecular complexity index is 1220. The molecule has 1 saturated carbocycles. The van der Waals surface area contributed by atoms with Gasteiger partial charge in [0.1, 0.15) is 12.4 Å². The van der Waals surface area contributed by atoms with Crippen LogP contribution < -0.4 is 4.74 Å². The summed E-state index contributed by atoms with van der Waals surface area (Å²) in [6.07, 6.45) is 11.3. The van der Waals surface area contributed by atoms with Crippen LogP contribution in [0.1, 0.15) is 110 Å². The maximum Gasteiger partial charge on any atom is 0.306 e. The summed E-state index contributed by atoms with van der Waals surface area (Å²) in [5.74, 6) is 1.09. The molecule has 2 aromatic rings. The largest absolute Gasteiger partial charge is 0.496 e. The zero-order chi connectivity index (χ0) is 33.8. The summed E-state index contributed by atoms with van der Waals surface area (Å²) in [7, 11) is -0.463. The van der Waals surface area contributed by atoms with Crippen molar-refractivity contribution in [1.82, 2.24) is 0 Å². The molecule has 0 N–H and O–H groups in total. The summed E-state index contributed by atoms with van der Waals surface area (Å²) in [4.78, 5) is 12.4. The molecule has 4 rings (SSSR count). The second-order valence-electron chi connectivity index (χ2n) is 14.4. The van der Waals surface area contributed by atoms with Crippen molar-refractivity contribution in [3.05, 3.63) is 77.9 Å². The molecule has 260 valence electrons. The Kier molecular flexibility index (Phi) is 14.6. The number of unbranched alkanes of at least 4 members (excludes halogenated alkanes) is 1. The van der Waals surface area contributed by atoms with Crippen LogP contribution in [0.4, 0.5) is 0 Å². The number of para-hydroxylation sites is 1. The lowest BCUT2D eigenvalue weighted by Gasteiger charge is -2.46. The molecule has 0 spiro atoms. The standard InChI is InChI=1S/C40H60O6Si/c1-29(2)47(30(3)4,31(5)6)46-40-34(22-13-8-9-14-24-38(41)44-28-32-19-11-10-12-20-32)37(45-39-25-17-18-26-43-39)27-35(40)33-21-15-16-23-36(33)42-7/h8,10-13,15-16,19-21,23,29-31,34-35,37,39-40H,9,14,17-18,22,24-28H2,1-7H3/b13-8-/t34-,35-,37+,39?,40-/m1/s1. The van der Waals surface area contributed by atoms with Crippen molar-refractivity contribution in [2.75, 3.05) is 13.7 Å². The van der Waals surface area contributed by atoms with Crippen LogP contribution in [0.5, 0.6) is 5.75 Å². The summed E-state index contributed by atoms with van der Waals surface area (Å²) in [5, 5.41) is 0. The molecule has 1 heterocycles. The van der Waals surface area contributed by atoms with E-state index in [1.807, 2.05) is 36.4 Å². The van der Waals surface area contributed by atoms with Gasteiger partial charge in [0.25, 0.3) is 0 Å². The van der Waals surface area contributed by atoms with Gasteiger partial charge in [-0.2, -0.15) is 0 Å². The van der Waals surface area contributed by atoms with Gasteiger partial charge >= 0.3 is 5.97 Å². The second kappa shape index (κ2) is 18.3. The number of methoxy groups -OCH3 is 1. The van der Waals surface area contributed by atoms with E-state index in [1.165, 1.54) is 5.56 Å². The van der Waals surface area contributed by atoms with Crippen LogP contribution in [0, 0.1) is 5.92 Å². The Morgan fingerprint density at radius 1 is 0.936 bits per heavy atom. The predicted molar refractivity (Wildman–Crippen MR) is 192 cm³/mol. The fourth-order valence-corrected chi connectivity index (χ4v) is 13.8. The van der Waals surface area contributed by atoms with Gasteiger partial charge in [-0.15, -0.1) is 0 Å². The molecule has 1 aliphatic heterocycles. The van der Waals surface area contributed by atoms with Gasteiger partial charge in [-0.3, -0.25) is 4.79 Å². The van der Waals surface area contributed by atoms with Crippen molar-refractivity contribution in [3.63, 3.8) is 0 Å². The first-order valence-electron chi connectivity index (χ1n) is 18.1. The Labute approximate surface area is 285 Å². The fraction of sp³-hybridized carbons (Fsp3) is 0.625. The van der Waals surface area contributed by atoms with E-state index in [1.54, 1.807) is 7.11 Å². The molecule has 1 aliphatic carbocycles. The maximum absolute atomic E-state index is 12.4. The van der Waals surface area contributed by atoms with Crippen LogP contribution in [0.3, 0.4) is 0 Å². The van der Waals surface area contributed by atoms with E-state index in [4.69, 9.17) is 23.4 Å². The minimum atomic E-state index is -2.23. The third-order valence-electron chi connectivity index (χ3n) is 10.4. The highest BCUT2D eigenvalue weighted by molar-refractivity contribution is 6.77. The van der Waals surface area contributed by atoms with Crippen LogP contribution in [0.2, 0.25) is 16.6 Å². The third-order valence-corrected chi connectivity index (χ3v) is 16.5. The lowest BCUT2D eigenvalue weighted by Crippen LogP contribution is -2.52. The number of carbonyl (C=O) groups excluding carboxylic acids is 1. The van der Waals surface area contributed by atoms with Crippen molar-refractivity contribution in [1.29, 1.82) is 0 Å². The number of ether oxygens (including phenoxy) is 4. The van der Waals surface area contributed by atoms with Gasteiger partial charge in [-0.05, 0) is 78.8 Å². The van der Waals surface area contributed by atoms with Crippen LogP contribution in [-0.2, 0) is 30.0 Å².